The zero-order valence-corrected chi connectivity index (χ0v) is 34.0. The van der Waals surface area contributed by atoms with Gasteiger partial charge in [0.05, 0.1) is 22.1 Å². The maximum absolute atomic E-state index is 2.45. The molecule has 0 aliphatic heterocycles. The normalized spacial score (nSPS) is 12.2. The van der Waals surface area contributed by atoms with Crippen LogP contribution in [-0.4, -0.2) is 9.13 Å². The maximum Gasteiger partial charge on any atom is 0.0541 e. The minimum Gasteiger partial charge on any atom is -0.309 e. The SMILES string of the molecule is CCCCc1ccc2c(c1)c1cc(-c3ccc4c(c3)-c3cc(-c5ccc6c(c5)c5cc(CCCC)ccc5n6-c5ccccc5)ccc3C4)ccc1n2-c1ccccc1. The van der Waals surface area contributed by atoms with Crippen LogP contribution in [0.1, 0.15) is 61.8 Å². The quantitative estimate of drug-likeness (QED) is 0.131. The molecule has 0 atom stereocenters. The molecule has 10 aromatic rings. The van der Waals surface area contributed by atoms with Gasteiger partial charge in [0.15, 0.2) is 0 Å². The van der Waals surface area contributed by atoms with Gasteiger partial charge in [0, 0.05) is 32.9 Å². The molecule has 0 saturated carbocycles. The van der Waals surface area contributed by atoms with Crippen LogP contribution in [0.2, 0.25) is 0 Å². The molecule has 1 aliphatic carbocycles. The number of rotatable bonds is 10. The van der Waals surface area contributed by atoms with Crippen LogP contribution in [0.5, 0.6) is 0 Å². The molecule has 0 spiro atoms. The summed E-state index contributed by atoms with van der Waals surface area (Å²) < 4.78 is 4.86. The number of aromatic nitrogens is 2. The van der Waals surface area contributed by atoms with Crippen LogP contribution in [0.4, 0.5) is 0 Å². The fourth-order valence-electron chi connectivity index (χ4n) is 9.81. The number of nitrogens with zero attached hydrogens (tertiary/aromatic N) is 2. The molecule has 11 rings (SSSR count). The summed E-state index contributed by atoms with van der Waals surface area (Å²) in [7, 11) is 0. The average molecular weight is 761 g/mol. The first-order valence-electron chi connectivity index (χ1n) is 21.7. The van der Waals surface area contributed by atoms with Crippen molar-refractivity contribution in [3.63, 3.8) is 0 Å². The lowest BCUT2D eigenvalue weighted by atomic mass is 9.95. The monoisotopic (exact) mass is 760 g/mol. The van der Waals surface area contributed by atoms with Crippen LogP contribution in [-0.2, 0) is 19.3 Å². The first kappa shape index (κ1) is 35.5. The Bertz CT molecular complexity index is 2980. The Labute approximate surface area is 347 Å². The Kier molecular flexibility index (Phi) is 8.81. The van der Waals surface area contributed by atoms with Gasteiger partial charge in [-0.25, -0.2) is 0 Å². The van der Waals surface area contributed by atoms with Gasteiger partial charge in [-0.05, 0) is 173 Å². The van der Waals surface area contributed by atoms with E-state index in [0.29, 0.717) is 0 Å². The van der Waals surface area contributed by atoms with Crippen molar-refractivity contribution >= 4 is 43.6 Å². The van der Waals surface area contributed by atoms with Gasteiger partial charge in [-0.15, -0.1) is 0 Å². The molecule has 0 bridgehead atoms. The Hall–Kier alpha value is -6.64. The van der Waals surface area contributed by atoms with Crippen LogP contribution >= 0.6 is 0 Å². The van der Waals surface area contributed by atoms with E-state index in [1.807, 2.05) is 0 Å². The maximum atomic E-state index is 2.45. The Morgan fingerprint density at radius 1 is 0.373 bits per heavy atom. The van der Waals surface area contributed by atoms with Crippen LogP contribution in [0.15, 0.2) is 170 Å². The number of aryl methyl sites for hydroxylation is 2. The van der Waals surface area contributed by atoms with Crippen molar-refractivity contribution in [2.24, 2.45) is 0 Å². The van der Waals surface area contributed by atoms with Gasteiger partial charge in [-0.1, -0.05) is 112 Å². The van der Waals surface area contributed by atoms with E-state index in [9.17, 15) is 0 Å². The summed E-state index contributed by atoms with van der Waals surface area (Å²) in [6.07, 6.45) is 8.01. The molecule has 0 fully saturated rings. The third kappa shape index (κ3) is 6.09. The Morgan fingerprint density at radius 3 is 1.17 bits per heavy atom. The van der Waals surface area contributed by atoms with Crippen molar-refractivity contribution in [3.8, 4) is 44.8 Å². The number of hydrogen-bond acceptors (Lipinski definition) is 0. The highest BCUT2D eigenvalue weighted by molar-refractivity contribution is 6.12. The Morgan fingerprint density at radius 2 is 0.746 bits per heavy atom. The molecule has 286 valence electrons. The minimum absolute atomic E-state index is 0.972. The summed E-state index contributed by atoms with van der Waals surface area (Å²) in [5.74, 6) is 0. The molecule has 2 heteroatoms. The first-order valence-corrected chi connectivity index (χ1v) is 21.7. The predicted octanol–water partition coefficient (Wildman–Crippen LogP) is 15.5. The van der Waals surface area contributed by atoms with Crippen LogP contribution in [0.3, 0.4) is 0 Å². The predicted molar refractivity (Wildman–Crippen MR) is 251 cm³/mol. The largest absolute Gasteiger partial charge is 0.309 e. The molecular weight excluding hydrogens is 713 g/mol. The number of hydrogen-bond donors (Lipinski definition) is 0. The summed E-state index contributed by atoms with van der Waals surface area (Å²) >= 11 is 0. The molecule has 0 amide bonds. The van der Waals surface area contributed by atoms with Crippen molar-refractivity contribution in [2.45, 2.75) is 58.8 Å². The summed E-state index contributed by atoms with van der Waals surface area (Å²) in [5, 5.41) is 5.28. The molecule has 0 N–H and O–H groups in total. The van der Waals surface area contributed by atoms with E-state index < -0.39 is 0 Å². The van der Waals surface area contributed by atoms with E-state index in [2.05, 4.69) is 193 Å². The highest BCUT2D eigenvalue weighted by Crippen LogP contribution is 2.43. The van der Waals surface area contributed by atoms with Crippen molar-refractivity contribution in [1.82, 2.24) is 9.13 Å². The highest BCUT2D eigenvalue weighted by Gasteiger charge is 2.22. The number of para-hydroxylation sites is 2. The first-order chi connectivity index (χ1) is 29.1. The lowest BCUT2D eigenvalue weighted by Crippen LogP contribution is -1.93. The van der Waals surface area contributed by atoms with Crippen LogP contribution in [0, 0.1) is 0 Å². The molecule has 0 unspecified atom stereocenters. The lowest BCUT2D eigenvalue weighted by Gasteiger charge is -2.10. The molecule has 2 heterocycles. The van der Waals surface area contributed by atoms with Gasteiger partial charge in [-0.3, -0.25) is 0 Å². The third-order valence-electron chi connectivity index (χ3n) is 12.9. The molecule has 0 saturated heterocycles. The van der Waals surface area contributed by atoms with Gasteiger partial charge in [0.2, 0.25) is 0 Å². The number of unbranched alkanes of at least 4 members (excludes halogenated alkanes) is 2. The average Bonchev–Trinajstić information content (AvgIpc) is 3.94. The minimum atomic E-state index is 0.972. The van der Waals surface area contributed by atoms with E-state index >= 15 is 0 Å². The van der Waals surface area contributed by atoms with E-state index in [1.165, 1.54) is 136 Å². The van der Waals surface area contributed by atoms with Gasteiger partial charge < -0.3 is 9.13 Å². The van der Waals surface area contributed by atoms with Crippen molar-refractivity contribution in [3.05, 3.63) is 192 Å². The molecule has 2 aromatic heterocycles. The Balaban J connectivity index is 1.00. The molecule has 0 radical (unpaired) electrons. The summed E-state index contributed by atoms with van der Waals surface area (Å²) in [4.78, 5) is 0. The molecular formula is C57H48N2. The standard InChI is InChI=1S/C57H48N2/c1-3-5-13-38-19-27-54-50(31-38)52-36-42(25-29-56(52)58(54)46-15-9-7-10-16-46)40-21-23-44-33-45-24-22-41(35-49(45)48(44)34-40)43-26-30-57-53(37-43)51-32-39(14-6-4-2)20-28-55(51)59(57)47-17-11-8-12-18-47/h7-12,15-32,34-37H,3-6,13-14,33H2,1-2H3. The van der Waals surface area contributed by atoms with Crippen molar-refractivity contribution in [1.29, 1.82) is 0 Å². The fraction of sp³-hybridized carbons (Fsp3) is 0.158. The van der Waals surface area contributed by atoms with E-state index in [0.717, 1.165) is 19.3 Å². The molecule has 1 aliphatic rings. The fourth-order valence-corrected chi connectivity index (χ4v) is 9.81. The van der Waals surface area contributed by atoms with Gasteiger partial charge in [-0.2, -0.15) is 0 Å². The highest BCUT2D eigenvalue weighted by atomic mass is 15.0. The third-order valence-corrected chi connectivity index (χ3v) is 12.9. The van der Waals surface area contributed by atoms with Crippen molar-refractivity contribution < 1.29 is 0 Å². The zero-order valence-electron chi connectivity index (χ0n) is 34.0. The summed E-state index contributed by atoms with van der Waals surface area (Å²) in [5.41, 5.74) is 20.8. The van der Waals surface area contributed by atoms with Crippen LogP contribution in [0.25, 0.3) is 88.4 Å². The second-order valence-electron chi connectivity index (χ2n) is 16.6. The second-order valence-corrected chi connectivity index (χ2v) is 16.6. The lowest BCUT2D eigenvalue weighted by molar-refractivity contribution is 0.796. The summed E-state index contributed by atoms with van der Waals surface area (Å²) in [6, 6.07) is 64.3. The van der Waals surface area contributed by atoms with Crippen molar-refractivity contribution in [2.75, 3.05) is 0 Å². The van der Waals surface area contributed by atoms with Gasteiger partial charge >= 0.3 is 0 Å². The van der Waals surface area contributed by atoms with E-state index in [4.69, 9.17) is 0 Å². The smallest absolute Gasteiger partial charge is 0.0541 e. The molecule has 59 heavy (non-hydrogen) atoms. The summed E-state index contributed by atoms with van der Waals surface area (Å²) in [6.45, 7) is 4.55. The zero-order chi connectivity index (χ0) is 39.5. The van der Waals surface area contributed by atoms with E-state index in [-0.39, 0.29) is 0 Å². The molecule has 2 nitrogen and oxygen atoms in total. The number of fused-ring (bicyclic) bond motifs is 9. The van der Waals surface area contributed by atoms with E-state index in [1.54, 1.807) is 0 Å². The van der Waals surface area contributed by atoms with Crippen LogP contribution < -0.4 is 0 Å². The molecule has 8 aromatic carbocycles. The van der Waals surface area contributed by atoms with Gasteiger partial charge in [0.1, 0.15) is 0 Å². The number of benzene rings is 8. The topological polar surface area (TPSA) is 9.86 Å². The second kappa shape index (κ2) is 14.6. The van der Waals surface area contributed by atoms with Gasteiger partial charge in [0.25, 0.3) is 0 Å².